The van der Waals surface area contributed by atoms with Gasteiger partial charge in [0.15, 0.2) is 0 Å². The number of benzene rings is 1. The highest BCUT2D eigenvalue weighted by Gasteiger charge is 2.38. The Morgan fingerprint density at radius 1 is 1.14 bits per heavy atom. The summed E-state index contributed by atoms with van der Waals surface area (Å²) in [4.78, 5) is 0. The fourth-order valence-corrected chi connectivity index (χ4v) is 2.86. The number of aliphatic hydroxyl groups excluding tert-OH is 1. The van der Waals surface area contributed by atoms with Crippen molar-refractivity contribution in [2.75, 3.05) is 0 Å². The first kappa shape index (κ1) is 8.25. The molecule has 2 aliphatic carbocycles. The fourth-order valence-electron chi connectivity index (χ4n) is 2.86. The summed E-state index contributed by atoms with van der Waals surface area (Å²) in [5.74, 6) is 0.896. The molecule has 0 aromatic heterocycles. The molecule has 0 heterocycles. The zero-order valence-corrected chi connectivity index (χ0v) is 8.06. The standard InChI is InChI=1S/C13H14O/c14-13-11-7-3-1-5-9(11)10-6-2-4-8-12(10)13/h1-3,5-7,10,12-14H,4,8H2/t10-,12-,13+/m0/s1. The third-order valence-electron chi connectivity index (χ3n) is 3.55. The van der Waals surface area contributed by atoms with E-state index in [1.54, 1.807) is 0 Å². The Hall–Kier alpha value is -1.08. The van der Waals surface area contributed by atoms with Crippen LogP contribution in [0.15, 0.2) is 36.4 Å². The van der Waals surface area contributed by atoms with Crippen LogP contribution in [0.5, 0.6) is 0 Å². The molecule has 0 saturated heterocycles. The second kappa shape index (κ2) is 2.96. The van der Waals surface area contributed by atoms with Crippen molar-refractivity contribution in [1.29, 1.82) is 0 Å². The topological polar surface area (TPSA) is 20.2 Å². The van der Waals surface area contributed by atoms with E-state index in [4.69, 9.17) is 0 Å². The van der Waals surface area contributed by atoms with E-state index >= 15 is 0 Å². The van der Waals surface area contributed by atoms with Gasteiger partial charge >= 0.3 is 0 Å². The summed E-state index contributed by atoms with van der Waals surface area (Å²) in [6.07, 6.45) is 6.52. The molecule has 1 nitrogen and oxygen atoms in total. The molecule has 2 aliphatic rings. The van der Waals surface area contributed by atoms with Gasteiger partial charge in [0.05, 0.1) is 6.10 Å². The predicted molar refractivity (Wildman–Crippen MR) is 56.0 cm³/mol. The van der Waals surface area contributed by atoms with E-state index in [2.05, 4.69) is 30.4 Å². The Labute approximate surface area is 84.1 Å². The molecule has 0 saturated carbocycles. The van der Waals surface area contributed by atoms with Crippen LogP contribution in [-0.4, -0.2) is 5.11 Å². The first-order valence-electron chi connectivity index (χ1n) is 5.31. The van der Waals surface area contributed by atoms with Crippen molar-refractivity contribution in [3.05, 3.63) is 47.5 Å². The van der Waals surface area contributed by atoms with Crippen LogP contribution in [0.4, 0.5) is 0 Å². The van der Waals surface area contributed by atoms with Gasteiger partial charge in [0.1, 0.15) is 0 Å². The second-order valence-electron chi connectivity index (χ2n) is 4.27. The van der Waals surface area contributed by atoms with Crippen molar-refractivity contribution in [3.8, 4) is 0 Å². The van der Waals surface area contributed by atoms with Gasteiger partial charge in [-0.1, -0.05) is 36.4 Å². The Morgan fingerprint density at radius 3 is 2.79 bits per heavy atom. The van der Waals surface area contributed by atoms with Crippen LogP contribution < -0.4 is 0 Å². The molecule has 0 amide bonds. The van der Waals surface area contributed by atoms with E-state index in [0.29, 0.717) is 11.8 Å². The summed E-state index contributed by atoms with van der Waals surface area (Å²) in [5, 5.41) is 10.1. The molecule has 0 bridgehead atoms. The van der Waals surface area contributed by atoms with Gasteiger partial charge in [0, 0.05) is 5.92 Å². The zero-order valence-electron chi connectivity index (χ0n) is 8.06. The summed E-state index contributed by atoms with van der Waals surface area (Å²) in [7, 11) is 0. The van der Waals surface area contributed by atoms with Crippen LogP contribution in [0.1, 0.15) is 36.0 Å². The van der Waals surface area contributed by atoms with Gasteiger partial charge in [0.25, 0.3) is 0 Å². The molecule has 14 heavy (non-hydrogen) atoms. The third kappa shape index (κ3) is 0.992. The average molecular weight is 186 g/mol. The molecule has 1 heteroatoms. The third-order valence-corrected chi connectivity index (χ3v) is 3.55. The van der Waals surface area contributed by atoms with E-state index in [1.165, 1.54) is 5.56 Å². The molecule has 1 N–H and O–H groups in total. The maximum Gasteiger partial charge on any atom is 0.0830 e. The van der Waals surface area contributed by atoms with Crippen molar-refractivity contribution in [1.82, 2.24) is 0 Å². The van der Waals surface area contributed by atoms with Crippen LogP contribution in [0.25, 0.3) is 0 Å². The average Bonchev–Trinajstić information content (AvgIpc) is 2.55. The highest BCUT2D eigenvalue weighted by molar-refractivity contribution is 5.41. The lowest BCUT2D eigenvalue weighted by Crippen LogP contribution is -2.13. The predicted octanol–water partition coefficient (Wildman–Crippen LogP) is 2.78. The van der Waals surface area contributed by atoms with E-state index in [-0.39, 0.29) is 6.10 Å². The van der Waals surface area contributed by atoms with Crippen LogP contribution in [0.3, 0.4) is 0 Å². The Bertz CT molecular complexity index is 381. The molecule has 0 aliphatic heterocycles. The summed E-state index contributed by atoms with van der Waals surface area (Å²) in [6.45, 7) is 0. The van der Waals surface area contributed by atoms with Crippen molar-refractivity contribution < 1.29 is 5.11 Å². The molecular weight excluding hydrogens is 172 g/mol. The van der Waals surface area contributed by atoms with Gasteiger partial charge in [-0.05, 0) is 29.9 Å². The molecular formula is C13H14O. The first-order chi connectivity index (χ1) is 6.88. The molecule has 1 aromatic rings. The Morgan fingerprint density at radius 2 is 1.93 bits per heavy atom. The molecule has 3 rings (SSSR count). The lowest BCUT2D eigenvalue weighted by atomic mass is 9.84. The van der Waals surface area contributed by atoms with Crippen molar-refractivity contribution in [2.45, 2.75) is 24.9 Å². The normalized spacial score (nSPS) is 33.9. The molecule has 1 aromatic carbocycles. The van der Waals surface area contributed by atoms with Crippen LogP contribution in [0.2, 0.25) is 0 Å². The van der Waals surface area contributed by atoms with Gasteiger partial charge < -0.3 is 5.11 Å². The SMILES string of the molecule is O[C@@H]1c2ccccc2[C@@H]2C=CCC[C@H]12. The van der Waals surface area contributed by atoms with Gasteiger partial charge in [0.2, 0.25) is 0 Å². The van der Waals surface area contributed by atoms with Crippen molar-refractivity contribution in [3.63, 3.8) is 0 Å². The second-order valence-corrected chi connectivity index (χ2v) is 4.27. The number of allylic oxidation sites excluding steroid dienone is 2. The van der Waals surface area contributed by atoms with Crippen LogP contribution in [0, 0.1) is 5.92 Å². The number of hydrogen-bond acceptors (Lipinski definition) is 1. The maximum atomic E-state index is 10.1. The number of hydrogen-bond donors (Lipinski definition) is 1. The van der Waals surface area contributed by atoms with Gasteiger partial charge in [-0.25, -0.2) is 0 Å². The maximum absolute atomic E-state index is 10.1. The minimum Gasteiger partial charge on any atom is -0.388 e. The lowest BCUT2D eigenvalue weighted by Gasteiger charge is -2.22. The highest BCUT2D eigenvalue weighted by atomic mass is 16.3. The molecule has 72 valence electrons. The quantitative estimate of drug-likeness (QED) is 0.618. The van der Waals surface area contributed by atoms with Gasteiger partial charge in [-0.15, -0.1) is 0 Å². The largest absolute Gasteiger partial charge is 0.388 e. The lowest BCUT2D eigenvalue weighted by molar-refractivity contribution is 0.110. The number of fused-ring (bicyclic) bond motifs is 3. The van der Waals surface area contributed by atoms with E-state index in [9.17, 15) is 5.11 Å². The number of aliphatic hydroxyl groups is 1. The molecule has 3 atom stereocenters. The van der Waals surface area contributed by atoms with Gasteiger partial charge in [-0.2, -0.15) is 0 Å². The fraction of sp³-hybridized carbons (Fsp3) is 0.385. The smallest absolute Gasteiger partial charge is 0.0830 e. The zero-order chi connectivity index (χ0) is 9.54. The molecule has 0 spiro atoms. The summed E-state index contributed by atoms with van der Waals surface area (Å²) >= 11 is 0. The minimum absolute atomic E-state index is 0.235. The Balaban J connectivity index is 2.13. The summed E-state index contributed by atoms with van der Waals surface area (Å²) < 4.78 is 0. The monoisotopic (exact) mass is 186 g/mol. The van der Waals surface area contributed by atoms with Gasteiger partial charge in [-0.3, -0.25) is 0 Å². The van der Waals surface area contributed by atoms with E-state index in [0.717, 1.165) is 18.4 Å². The molecule has 0 unspecified atom stereocenters. The molecule has 0 radical (unpaired) electrons. The highest BCUT2D eigenvalue weighted by Crippen LogP contribution is 2.49. The first-order valence-corrected chi connectivity index (χ1v) is 5.31. The van der Waals surface area contributed by atoms with Crippen molar-refractivity contribution >= 4 is 0 Å². The summed E-state index contributed by atoms with van der Waals surface area (Å²) in [6, 6.07) is 8.30. The van der Waals surface area contributed by atoms with E-state index in [1.807, 2.05) is 6.07 Å². The van der Waals surface area contributed by atoms with E-state index < -0.39 is 0 Å². The van der Waals surface area contributed by atoms with Crippen LogP contribution >= 0.6 is 0 Å². The Kier molecular flexibility index (Phi) is 1.74. The molecule has 0 fully saturated rings. The number of rotatable bonds is 0. The minimum atomic E-state index is -0.235. The van der Waals surface area contributed by atoms with Crippen molar-refractivity contribution in [2.24, 2.45) is 5.92 Å². The van der Waals surface area contributed by atoms with Crippen LogP contribution in [-0.2, 0) is 0 Å². The summed E-state index contributed by atoms with van der Waals surface area (Å²) in [5.41, 5.74) is 2.48.